The molecule has 0 bridgehead atoms. The van der Waals surface area contributed by atoms with Crippen LogP contribution >= 0.6 is 0 Å². The summed E-state index contributed by atoms with van der Waals surface area (Å²) >= 11 is 0. The number of imide groups is 1. The minimum Gasteiger partial charge on any atom is -0.454 e. The SMILES string of the molecule is O=C(Cc1ccccc1)NCC(=O)OCC(=O)NN1C(=O)NC2(CCCCC2)C1=O. The van der Waals surface area contributed by atoms with Crippen LogP contribution in [0.1, 0.15) is 37.7 Å². The Morgan fingerprint density at radius 2 is 1.73 bits per heavy atom. The quantitative estimate of drug-likeness (QED) is 0.429. The molecule has 3 rings (SSSR count). The predicted molar refractivity (Wildman–Crippen MR) is 103 cm³/mol. The van der Waals surface area contributed by atoms with Crippen LogP contribution in [0.5, 0.6) is 0 Å². The van der Waals surface area contributed by atoms with Gasteiger partial charge in [0, 0.05) is 0 Å². The van der Waals surface area contributed by atoms with Gasteiger partial charge >= 0.3 is 12.0 Å². The van der Waals surface area contributed by atoms with Gasteiger partial charge in [0.25, 0.3) is 11.8 Å². The number of carbonyl (C=O) groups is 5. The Labute approximate surface area is 173 Å². The van der Waals surface area contributed by atoms with Crippen molar-refractivity contribution < 1.29 is 28.7 Å². The lowest BCUT2D eigenvalue weighted by Crippen LogP contribution is -2.51. The molecule has 160 valence electrons. The summed E-state index contributed by atoms with van der Waals surface area (Å²) in [7, 11) is 0. The highest BCUT2D eigenvalue weighted by Crippen LogP contribution is 2.32. The van der Waals surface area contributed by atoms with Crippen molar-refractivity contribution in [1.82, 2.24) is 21.1 Å². The molecule has 1 heterocycles. The first-order valence-electron chi connectivity index (χ1n) is 9.82. The van der Waals surface area contributed by atoms with Gasteiger partial charge in [-0.25, -0.2) is 4.79 Å². The molecule has 10 nitrogen and oxygen atoms in total. The van der Waals surface area contributed by atoms with E-state index in [-0.39, 0.29) is 12.3 Å². The van der Waals surface area contributed by atoms with Gasteiger partial charge in [-0.2, -0.15) is 5.01 Å². The van der Waals surface area contributed by atoms with Crippen molar-refractivity contribution >= 4 is 29.7 Å². The number of hydrogen-bond donors (Lipinski definition) is 3. The zero-order valence-electron chi connectivity index (χ0n) is 16.4. The van der Waals surface area contributed by atoms with E-state index in [4.69, 9.17) is 4.74 Å². The van der Waals surface area contributed by atoms with Gasteiger partial charge in [0.2, 0.25) is 5.91 Å². The highest BCUT2D eigenvalue weighted by molar-refractivity contribution is 6.08. The molecule has 2 fully saturated rings. The average molecular weight is 416 g/mol. The summed E-state index contributed by atoms with van der Waals surface area (Å²) in [5, 5.41) is 5.71. The molecule has 2 aliphatic rings. The standard InChI is InChI=1S/C20H24N4O6/c25-15(11-14-7-3-1-4-8-14)21-12-17(27)30-13-16(26)23-24-18(28)20(22-19(24)29)9-5-2-6-10-20/h1,3-4,7-8H,2,5-6,9-13H2,(H,21,25)(H,22,29)(H,23,26). The number of nitrogens with one attached hydrogen (secondary N) is 3. The summed E-state index contributed by atoms with van der Waals surface area (Å²) in [4.78, 5) is 60.2. The Hall–Kier alpha value is -3.43. The van der Waals surface area contributed by atoms with E-state index in [1.165, 1.54) is 0 Å². The third-order valence-electron chi connectivity index (χ3n) is 5.11. The second kappa shape index (κ2) is 9.38. The lowest BCUT2D eigenvalue weighted by Gasteiger charge is -2.30. The molecule has 10 heteroatoms. The molecule has 1 aromatic rings. The second-order valence-electron chi connectivity index (χ2n) is 7.35. The van der Waals surface area contributed by atoms with Gasteiger partial charge < -0.3 is 15.4 Å². The molecule has 3 N–H and O–H groups in total. The largest absolute Gasteiger partial charge is 0.454 e. The fourth-order valence-corrected chi connectivity index (χ4v) is 3.58. The number of nitrogens with zero attached hydrogens (tertiary/aromatic N) is 1. The van der Waals surface area contributed by atoms with E-state index in [0.29, 0.717) is 17.9 Å². The Balaban J connectivity index is 1.39. The number of benzene rings is 1. The highest BCUT2D eigenvalue weighted by atomic mass is 16.5. The number of urea groups is 1. The molecule has 1 aliphatic heterocycles. The van der Waals surface area contributed by atoms with Crippen LogP contribution in [0.2, 0.25) is 0 Å². The van der Waals surface area contributed by atoms with E-state index in [1.807, 2.05) is 6.07 Å². The predicted octanol–water partition coefficient (Wildman–Crippen LogP) is 0.174. The number of amides is 5. The molecule has 0 unspecified atom stereocenters. The van der Waals surface area contributed by atoms with Crippen LogP contribution in [0, 0.1) is 0 Å². The first kappa shape index (κ1) is 21.3. The summed E-state index contributed by atoms with van der Waals surface area (Å²) < 4.78 is 4.79. The maximum absolute atomic E-state index is 12.6. The first-order chi connectivity index (χ1) is 14.4. The highest BCUT2D eigenvalue weighted by Gasteiger charge is 2.52. The Morgan fingerprint density at radius 3 is 2.43 bits per heavy atom. The van der Waals surface area contributed by atoms with Gasteiger partial charge in [0.05, 0.1) is 6.42 Å². The monoisotopic (exact) mass is 416 g/mol. The molecule has 1 saturated carbocycles. The molecular weight excluding hydrogens is 392 g/mol. The minimum absolute atomic E-state index is 0.114. The fraction of sp³-hybridized carbons (Fsp3) is 0.450. The molecule has 0 atom stereocenters. The van der Waals surface area contributed by atoms with E-state index in [1.54, 1.807) is 24.3 Å². The fourth-order valence-electron chi connectivity index (χ4n) is 3.58. The van der Waals surface area contributed by atoms with Crippen LogP contribution in [0.3, 0.4) is 0 Å². The molecule has 1 aliphatic carbocycles. The molecule has 1 aromatic carbocycles. The number of carbonyl (C=O) groups excluding carboxylic acids is 5. The van der Waals surface area contributed by atoms with Gasteiger partial charge in [-0.15, -0.1) is 0 Å². The summed E-state index contributed by atoms with van der Waals surface area (Å²) in [6.45, 7) is -1.08. The topological polar surface area (TPSA) is 134 Å². The van der Waals surface area contributed by atoms with Crippen molar-refractivity contribution in [2.75, 3.05) is 13.2 Å². The molecule has 5 amide bonds. The lowest BCUT2D eigenvalue weighted by molar-refractivity contribution is -0.150. The van der Waals surface area contributed by atoms with Crippen LogP contribution in [0.15, 0.2) is 30.3 Å². The van der Waals surface area contributed by atoms with Crippen molar-refractivity contribution in [3.05, 3.63) is 35.9 Å². The van der Waals surface area contributed by atoms with Crippen molar-refractivity contribution in [3.63, 3.8) is 0 Å². The van der Waals surface area contributed by atoms with Gasteiger partial charge in [-0.1, -0.05) is 49.6 Å². The molecule has 30 heavy (non-hydrogen) atoms. The van der Waals surface area contributed by atoms with E-state index >= 15 is 0 Å². The molecule has 1 spiro atoms. The number of hydrazine groups is 1. The van der Waals surface area contributed by atoms with Crippen LogP contribution in [-0.4, -0.2) is 53.4 Å². The van der Waals surface area contributed by atoms with E-state index in [2.05, 4.69) is 16.1 Å². The third kappa shape index (κ3) is 5.13. The maximum atomic E-state index is 12.6. The van der Waals surface area contributed by atoms with Crippen LogP contribution in [0.25, 0.3) is 0 Å². The second-order valence-corrected chi connectivity index (χ2v) is 7.35. The number of hydrogen-bond acceptors (Lipinski definition) is 6. The van der Waals surface area contributed by atoms with Gasteiger partial charge in [0.15, 0.2) is 6.61 Å². The molecule has 0 radical (unpaired) electrons. The third-order valence-corrected chi connectivity index (χ3v) is 5.11. The number of rotatable bonds is 7. The summed E-state index contributed by atoms with van der Waals surface area (Å²) in [5.41, 5.74) is 2.01. The first-order valence-corrected chi connectivity index (χ1v) is 9.82. The Bertz CT molecular complexity index is 835. The van der Waals surface area contributed by atoms with Crippen molar-refractivity contribution in [1.29, 1.82) is 0 Å². The minimum atomic E-state index is -0.956. The van der Waals surface area contributed by atoms with Crippen LogP contribution in [0.4, 0.5) is 4.79 Å². The average Bonchev–Trinajstić information content (AvgIpc) is 2.96. The zero-order chi connectivity index (χ0) is 21.6. The normalized spacial score (nSPS) is 17.4. The number of ether oxygens (including phenoxy) is 1. The van der Waals surface area contributed by atoms with Crippen molar-refractivity contribution in [2.24, 2.45) is 0 Å². The van der Waals surface area contributed by atoms with Gasteiger partial charge in [-0.05, 0) is 18.4 Å². The maximum Gasteiger partial charge on any atom is 0.344 e. The smallest absolute Gasteiger partial charge is 0.344 e. The number of esters is 1. The summed E-state index contributed by atoms with van der Waals surface area (Å²) in [5.74, 6) is -2.50. The molecule has 1 saturated heterocycles. The molecule has 0 aromatic heterocycles. The zero-order valence-corrected chi connectivity index (χ0v) is 16.4. The van der Waals surface area contributed by atoms with Crippen molar-refractivity contribution in [3.8, 4) is 0 Å². The van der Waals surface area contributed by atoms with E-state index in [0.717, 1.165) is 24.8 Å². The Kier molecular flexibility index (Phi) is 6.65. The Morgan fingerprint density at radius 1 is 1.03 bits per heavy atom. The summed E-state index contributed by atoms with van der Waals surface area (Å²) in [6, 6.07) is 8.31. The lowest BCUT2D eigenvalue weighted by atomic mass is 9.82. The van der Waals surface area contributed by atoms with E-state index in [9.17, 15) is 24.0 Å². The molecular formula is C20H24N4O6. The van der Waals surface area contributed by atoms with Crippen molar-refractivity contribution in [2.45, 2.75) is 44.1 Å². The summed E-state index contributed by atoms with van der Waals surface area (Å²) in [6.07, 6.45) is 3.81. The van der Waals surface area contributed by atoms with E-state index < -0.39 is 42.5 Å². The van der Waals surface area contributed by atoms with Gasteiger partial charge in [-0.3, -0.25) is 24.6 Å². The van der Waals surface area contributed by atoms with Crippen LogP contribution in [-0.2, 0) is 30.3 Å². The van der Waals surface area contributed by atoms with Gasteiger partial charge in [0.1, 0.15) is 12.1 Å². The van der Waals surface area contributed by atoms with Crippen LogP contribution < -0.4 is 16.1 Å².